The fourth-order valence-corrected chi connectivity index (χ4v) is 5.75. The van der Waals surface area contributed by atoms with Gasteiger partial charge >= 0.3 is 0 Å². The molecule has 0 bridgehead atoms. The van der Waals surface area contributed by atoms with Gasteiger partial charge in [0, 0.05) is 32.2 Å². The van der Waals surface area contributed by atoms with E-state index in [4.69, 9.17) is 4.98 Å². The number of sulfonamides is 1. The summed E-state index contributed by atoms with van der Waals surface area (Å²) in [6.07, 6.45) is 2.66. The third kappa shape index (κ3) is 6.02. The van der Waals surface area contributed by atoms with Gasteiger partial charge in [0.25, 0.3) is 5.91 Å². The summed E-state index contributed by atoms with van der Waals surface area (Å²) in [5.74, 6) is -0.195. The number of aryl methyl sites for hydroxylation is 1. The van der Waals surface area contributed by atoms with Gasteiger partial charge in [-0.15, -0.1) is 0 Å². The number of carbonyl (C=O) groups is 1. The van der Waals surface area contributed by atoms with Crippen molar-refractivity contribution in [2.75, 3.05) is 45.7 Å². The summed E-state index contributed by atoms with van der Waals surface area (Å²) < 4.78 is 28.1. The Kier molecular flexibility index (Phi) is 8.81. The predicted octanol–water partition coefficient (Wildman–Crippen LogP) is 4.49. The Hall–Kier alpha value is -2.33. The zero-order valence-corrected chi connectivity index (χ0v) is 22.2. The van der Waals surface area contributed by atoms with Crippen LogP contribution in [0.15, 0.2) is 47.4 Å². The first kappa shape index (κ1) is 26.3. The number of amides is 1. The monoisotopic (exact) mass is 502 g/mol. The highest BCUT2D eigenvalue weighted by Gasteiger charge is 2.24. The number of anilines is 1. The Morgan fingerprint density at radius 3 is 2.29 bits per heavy atom. The summed E-state index contributed by atoms with van der Waals surface area (Å²) in [6, 6.07) is 12.4. The maximum Gasteiger partial charge on any atom is 0.260 e. The van der Waals surface area contributed by atoms with Crippen LogP contribution in [0.5, 0.6) is 0 Å². The van der Waals surface area contributed by atoms with Crippen LogP contribution in [0.1, 0.15) is 42.6 Å². The third-order valence-electron chi connectivity index (χ3n) is 5.73. The van der Waals surface area contributed by atoms with Gasteiger partial charge in [-0.25, -0.2) is 17.7 Å². The predicted molar refractivity (Wildman–Crippen MR) is 140 cm³/mol. The molecule has 1 heterocycles. The molecule has 7 nitrogen and oxygen atoms in total. The van der Waals surface area contributed by atoms with Crippen molar-refractivity contribution in [2.24, 2.45) is 0 Å². The molecule has 0 aliphatic heterocycles. The van der Waals surface area contributed by atoms with Crippen molar-refractivity contribution >= 4 is 42.6 Å². The van der Waals surface area contributed by atoms with E-state index < -0.39 is 10.0 Å². The van der Waals surface area contributed by atoms with Gasteiger partial charge in [-0.2, -0.15) is 0 Å². The smallest absolute Gasteiger partial charge is 0.260 e. The molecule has 0 unspecified atom stereocenters. The molecule has 1 aromatic heterocycles. The molecule has 0 aliphatic rings. The lowest BCUT2D eigenvalue weighted by molar-refractivity contribution is 0.0985. The van der Waals surface area contributed by atoms with Gasteiger partial charge in [0.2, 0.25) is 10.0 Å². The number of fused-ring (bicyclic) bond motifs is 1. The molecule has 0 radical (unpaired) electrons. The molecule has 0 saturated heterocycles. The fraction of sp³-hybridized carbons (Fsp3) is 0.440. The second-order valence-electron chi connectivity index (χ2n) is 8.62. The van der Waals surface area contributed by atoms with E-state index in [9.17, 15) is 13.2 Å². The van der Waals surface area contributed by atoms with E-state index >= 15 is 0 Å². The van der Waals surface area contributed by atoms with E-state index in [-0.39, 0.29) is 10.8 Å². The van der Waals surface area contributed by atoms with Crippen LogP contribution in [0, 0.1) is 0 Å². The molecule has 0 atom stereocenters. The van der Waals surface area contributed by atoms with Gasteiger partial charge in [-0.1, -0.05) is 37.7 Å². The minimum absolute atomic E-state index is 0.189. The Labute approximate surface area is 207 Å². The van der Waals surface area contributed by atoms with Crippen LogP contribution in [0.4, 0.5) is 5.13 Å². The molecule has 3 rings (SSSR count). The van der Waals surface area contributed by atoms with E-state index in [0.29, 0.717) is 30.3 Å². The highest BCUT2D eigenvalue weighted by atomic mass is 32.2. The number of benzene rings is 2. The lowest BCUT2D eigenvalue weighted by Gasteiger charge is -2.22. The average molecular weight is 503 g/mol. The van der Waals surface area contributed by atoms with Crippen LogP contribution in [0.2, 0.25) is 0 Å². The molecule has 1 amide bonds. The molecule has 34 heavy (non-hydrogen) atoms. The van der Waals surface area contributed by atoms with Crippen molar-refractivity contribution in [1.29, 1.82) is 0 Å². The molecular formula is C25H34N4O3S2. The van der Waals surface area contributed by atoms with Gasteiger partial charge in [0.1, 0.15) is 0 Å². The van der Waals surface area contributed by atoms with Crippen LogP contribution < -0.4 is 4.90 Å². The summed E-state index contributed by atoms with van der Waals surface area (Å²) in [5, 5.41) is 0.645. The maximum atomic E-state index is 13.5. The standard InChI is InChI=1S/C25H34N4O3S2/c1-6-8-15-28(5)34(31,32)21-12-10-20(11-13-21)24(30)29(17-16-27(3)4)25-26-22-14-9-19(7-2)18-23(22)33-25/h9-14,18H,6-8,15-17H2,1-5H3. The number of hydrogen-bond acceptors (Lipinski definition) is 6. The number of aromatic nitrogens is 1. The lowest BCUT2D eigenvalue weighted by atomic mass is 10.2. The zero-order valence-electron chi connectivity index (χ0n) is 20.6. The summed E-state index contributed by atoms with van der Waals surface area (Å²) in [6.45, 7) is 5.76. The third-order valence-corrected chi connectivity index (χ3v) is 8.64. The molecule has 2 aromatic carbocycles. The molecule has 0 spiro atoms. The van der Waals surface area contributed by atoms with Gasteiger partial charge < -0.3 is 4.90 Å². The van der Waals surface area contributed by atoms with Crippen molar-refractivity contribution in [3.8, 4) is 0 Å². The van der Waals surface area contributed by atoms with E-state index in [1.807, 2.05) is 32.0 Å². The number of hydrogen-bond donors (Lipinski definition) is 0. The molecule has 0 N–H and O–H groups in total. The van der Waals surface area contributed by atoms with Gasteiger partial charge in [0.15, 0.2) is 5.13 Å². The first-order valence-corrected chi connectivity index (χ1v) is 13.9. The Balaban J connectivity index is 1.90. The molecule has 0 saturated carbocycles. The van der Waals surface area contributed by atoms with Crippen LogP contribution in [-0.4, -0.2) is 69.3 Å². The molecular weight excluding hydrogens is 468 g/mol. The number of thiazole rings is 1. The minimum atomic E-state index is -3.58. The zero-order chi connectivity index (χ0) is 24.9. The first-order valence-electron chi connectivity index (χ1n) is 11.6. The maximum absolute atomic E-state index is 13.5. The van der Waals surface area contributed by atoms with Crippen molar-refractivity contribution in [1.82, 2.24) is 14.2 Å². The minimum Gasteiger partial charge on any atom is -0.308 e. The number of likely N-dealkylation sites (N-methyl/N-ethyl adjacent to an activating group) is 1. The van der Waals surface area contributed by atoms with E-state index in [1.165, 1.54) is 33.3 Å². The fourth-order valence-electron chi connectivity index (χ4n) is 3.48. The van der Waals surface area contributed by atoms with Crippen molar-refractivity contribution in [3.63, 3.8) is 0 Å². The van der Waals surface area contributed by atoms with Gasteiger partial charge in [-0.3, -0.25) is 9.69 Å². The van der Waals surface area contributed by atoms with Crippen molar-refractivity contribution < 1.29 is 13.2 Å². The highest BCUT2D eigenvalue weighted by Crippen LogP contribution is 2.31. The van der Waals surface area contributed by atoms with Crippen molar-refractivity contribution in [2.45, 2.75) is 38.0 Å². The van der Waals surface area contributed by atoms with Gasteiger partial charge in [0.05, 0.1) is 15.1 Å². The normalized spacial score (nSPS) is 12.1. The van der Waals surface area contributed by atoms with Crippen LogP contribution in [-0.2, 0) is 16.4 Å². The van der Waals surface area contributed by atoms with Crippen molar-refractivity contribution in [3.05, 3.63) is 53.6 Å². The Morgan fingerprint density at radius 2 is 1.68 bits per heavy atom. The summed E-state index contributed by atoms with van der Waals surface area (Å²) in [5.41, 5.74) is 2.54. The van der Waals surface area contributed by atoms with E-state index in [0.717, 1.165) is 29.5 Å². The molecule has 9 heteroatoms. The summed E-state index contributed by atoms with van der Waals surface area (Å²) in [7, 11) is 1.93. The Morgan fingerprint density at radius 1 is 0.971 bits per heavy atom. The largest absolute Gasteiger partial charge is 0.308 e. The summed E-state index contributed by atoms with van der Waals surface area (Å²) >= 11 is 1.50. The second-order valence-corrected chi connectivity index (χ2v) is 11.7. The number of rotatable bonds is 11. The summed E-state index contributed by atoms with van der Waals surface area (Å²) in [4.78, 5) is 22.1. The quantitative estimate of drug-likeness (QED) is 0.386. The number of unbranched alkanes of at least 4 members (excludes halogenated alkanes) is 1. The lowest BCUT2D eigenvalue weighted by Crippen LogP contribution is -2.36. The highest BCUT2D eigenvalue weighted by molar-refractivity contribution is 7.89. The van der Waals surface area contributed by atoms with Crippen LogP contribution >= 0.6 is 11.3 Å². The van der Waals surface area contributed by atoms with E-state index in [1.54, 1.807) is 24.1 Å². The molecule has 0 fully saturated rings. The van der Waals surface area contributed by atoms with Crippen LogP contribution in [0.3, 0.4) is 0 Å². The second kappa shape index (κ2) is 11.4. The van der Waals surface area contributed by atoms with Gasteiger partial charge in [-0.05, 0) is 68.9 Å². The molecule has 3 aromatic rings. The molecule has 0 aliphatic carbocycles. The SMILES string of the molecule is CCCCN(C)S(=O)(=O)c1ccc(C(=O)N(CCN(C)C)c2nc3ccc(CC)cc3s2)cc1. The van der Waals surface area contributed by atoms with Crippen LogP contribution in [0.25, 0.3) is 10.2 Å². The number of carbonyl (C=O) groups excluding carboxylic acids is 1. The average Bonchev–Trinajstić information content (AvgIpc) is 3.25. The first-order chi connectivity index (χ1) is 16.2. The van der Waals surface area contributed by atoms with E-state index in [2.05, 4.69) is 19.1 Å². The molecule has 184 valence electrons. The number of nitrogens with zero attached hydrogens (tertiary/aromatic N) is 4. The Bertz CT molecular complexity index is 1220. The topological polar surface area (TPSA) is 73.8 Å².